The first-order valence-electron chi connectivity index (χ1n) is 9.91. The smallest absolute Gasteiger partial charge is 0.291 e. The minimum Gasteiger partial charge on any atom is -0.385 e. The van der Waals surface area contributed by atoms with Crippen LogP contribution in [0.1, 0.15) is 58.6 Å². The third-order valence-corrected chi connectivity index (χ3v) is 4.99. The van der Waals surface area contributed by atoms with E-state index in [1.807, 2.05) is 35.8 Å². The fourth-order valence-corrected chi connectivity index (χ4v) is 3.53. The van der Waals surface area contributed by atoms with Gasteiger partial charge >= 0.3 is 0 Å². The lowest BCUT2D eigenvalue weighted by Gasteiger charge is -2.17. The largest absolute Gasteiger partial charge is 0.385 e. The molecule has 0 radical (unpaired) electrons. The van der Waals surface area contributed by atoms with Crippen molar-refractivity contribution in [3.05, 3.63) is 47.0 Å². The molecule has 0 bridgehead atoms. The van der Waals surface area contributed by atoms with Crippen molar-refractivity contribution in [3.63, 3.8) is 0 Å². The van der Waals surface area contributed by atoms with E-state index in [1.165, 1.54) is 0 Å². The molecule has 28 heavy (non-hydrogen) atoms. The first kappa shape index (κ1) is 20.1. The van der Waals surface area contributed by atoms with Gasteiger partial charge in [-0.15, -0.1) is 0 Å². The lowest BCUT2D eigenvalue weighted by Crippen LogP contribution is -2.27. The molecule has 2 heterocycles. The number of carbonyl (C=O) groups is 2. The number of methoxy groups -OCH3 is 1. The topological polar surface area (TPSA) is 85.2 Å². The number of hydrogen-bond donors (Lipinski definition) is 2. The highest BCUT2D eigenvalue weighted by atomic mass is 16.5. The van der Waals surface area contributed by atoms with E-state index in [9.17, 15) is 9.59 Å². The van der Waals surface area contributed by atoms with Crippen molar-refractivity contribution < 1.29 is 14.3 Å². The van der Waals surface area contributed by atoms with E-state index in [0.717, 1.165) is 49.0 Å². The number of nitrogens with one attached hydrogen (secondary N) is 2. The monoisotopic (exact) mass is 384 g/mol. The van der Waals surface area contributed by atoms with Crippen LogP contribution in [-0.2, 0) is 24.1 Å². The summed E-state index contributed by atoms with van der Waals surface area (Å²) in [7, 11) is 1.63. The number of para-hydroxylation sites is 1. The minimum atomic E-state index is -0.275. The number of carbonyl (C=O) groups excluding carboxylic acids is 2. The average Bonchev–Trinajstić information content (AvgIpc) is 3.11. The van der Waals surface area contributed by atoms with Gasteiger partial charge in [-0.25, -0.2) is 4.98 Å². The number of aryl methyl sites for hydroxylation is 1. The van der Waals surface area contributed by atoms with Gasteiger partial charge in [-0.1, -0.05) is 25.1 Å². The summed E-state index contributed by atoms with van der Waals surface area (Å²) in [4.78, 5) is 30.0. The quantitative estimate of drug-likeness (QED) is 0.686. The zero-order valence-electron chi connectivity index (χ0n) is 16.6. The first-order valence-corrected chi connectivity index (χ1v) is 9.91. The minimum absolute atomic E-state index is 0.227. The predicted octanol–water partition coefficient (Wildman–Crippen LogP) is 2.80. The zero-order valence-corrected chi connectivity index (χ0v) is 16.6. The molecule has 0 unspecified atom stereocenters. The van der Waals surface area contributed by atoms with E-state index in [2.05, 4.69) is 15.6 Å². The van der Waals surface area contributed by atoms with Gasteiger partial charge in [0.15, 0.2) is 5.82 Å². The molecule has 7 nitrogen and oxygen atoms in total. The van der Waals surface area contributed by atoms with E-state index < -0.39 is 0 Å². The van der Waals surface area contributed by atoms with Gasteiger partial charge in [-0.2, -0.15) is 0 Å². The van der Waals surface area contributed by atoms with Crippen molar-refractivity contribution in [2.75, 3.05) is 25.6 Å². The molecule has 0 aliphatic carbocycles. The van der Waals surface area contributed by atoms with E-state index in [4.69, 9.17) is 4.74 Å². The number of ether oxygens (including phenoxy) is 1. The lowest BCUT2D eigenvalue weighted by atomic mass is 10.1. The van der Waals surface area contributed by atoms with Gasteiger partial charge in [0.25, 0.3) is 11.8 Å². The maximum atomic E-state index is 12.9. The molecule has 1 aromatic carbocycles. The third kappa shape index (κ3) is 4.42. The van der Waals surface area contributed by atoms with Gasteiger partial charge in [0.1, 0.15) is 5.69 Å². The van der Waals surface area contributed by atoms with Gasteiger partial charge in [-0.3, -0.25) is 9.59 Å². The summed E-state index contributed by atoms with van der Waals surface area (Å²) in [5, 5.41) is 5.85. The number of fused-ring (bicyclic) bond motifs is 1. The number of benzene rings is 1. The Labute approximate surface area is 165 Å². The predicted molar refractivity (Wildman–Crippen MR) is 108 cm³/mol. The van der Waals surface area contributed by atoms with Crippen LogP contribution < -0.4 is 10.6 Å². The molecule has 7 heteroatoms. The molecule has 1 aliphatic heterocycles. The Morgan fingerprint density at radius 3 is 2.82 bits per heavy atom. The van der Waals surface area contributed by atoms with Crippen LogP contribution in [0.25, 0.3) is 0 Å². The Hall–Kier alpha value is -2.67. The van der Waals surface area contributed by atoms with E-state index in [-0.39, 0.29) is 11.8 Å². The number of aromatic nitrogens is 2. The summed E-state index contributed by atoms with van der Waals surface area (Å²) in [5.74, 6) is -0.195. The molecule has 2 N–H and O–H groups in total. The van der Waals surface area contributed by atoms with Gasteiger partial charge in [-0.05, 0) is 43.7 Å². The molecule has 0 atom stereocenters. The molecule has 1 aromatic heterocycles. The van der Waals surface area contributed by atoms with Gasteiger partial charge < -0.3 is 19.9 Å². The maximum Gasteiger partial charge on any atom is 0.291 e. The second kappa shape index (κ2) is 9.50. The van der Waals surface area contributed by atoms with Crippen molar-refractivity contribution in [1.29, 1.82) is 0 Å². The van der Waals surface area contributed by atoms with Crippen molar-refractivity contribution in [2.45, 2.75) is 45.6 Å². The van der Waals surface area contributed by atoms with Crippen LogP contribution in [0.4, 0.5) is 5.69 Å². The van der Waals surface area contributed by atoms with Gasteiger partial charge in [0.05, 0.1) is 5.69 Å². The molecular formula is C21H28N4O3. The average molecular weight is 384 g/mol. The van der Waals surface area contributed by atoms with Crippen LogP contribution in [0.5, 0.6) is 0 Å². The number of imidazole rings is 1. The van der Waals surface area contributed by atoms with Crippen LogP contribution >= 0.6 is 0 Å². The molecule has 2 aromatic rings. The summed E-state index contributed by atoms with van der Waals surface area (Å²) in [6.07, 6.45) is 4.29. The number of hydrogen-bond acceptors (Lipinski definition) is 4. The maximum absolute atomic E-state index is 12.9. The van der Waals surface area contributed by atoms with Crippen LogP contribution in [0.2, 0.25) is 0 Å². The summed E-state index contributed by atoms with van der Waals surface area (Å²) < 4.78 is 6.91. The van der Waals surface area contributed by atoms with Crippen LogP contribution in [0.15, 0.2) is 24.3 Å². The Morgan fingerprint density at radius 2 is 2.04 bits per heavy atom. The van der Waals surface area contributed by atoms with Crippen molar-refractivity contribution >= 4 is 17.5 Å². The Bertz CT molecular complexity index is 844. The fraction of sp³-hybridized carbons (Fsp3) is 0.476. The molecule has 2 amide bonds. The summed E-state index contributed by atoms with van der Waals surface area (Å²) >= 11 is 0. The van der Waals surface area contributed by atoms with Crippen molar-refractivity contribution in [2.24, 2.45) is 0 Å². The normalized spacial score (nSPS) is 13.1. The second-order valence-corrected chi connectivity index (χ2v) is 6.91. The molecule has 150 valence electrons. The summed E-state index contributed by atoms with van der Waals surface area (Å²) in [6.45, 7) is 3.86. The molecular weight excluding hydrogens is 356 g/mol. The van der Waals surface area contributed by atoms with Crippen LogP contribution in [0, 0.1) is 0 Å². The Morgan fingerprint density at radius 1 is 1.21 bits per heavy atom. The molecule has 0 spiro atoms. The standard InChI is InChI=1S/C21H28N4O3/c1-3-15-9-4-5-10-16(15)23-21(27)19-24-18(17-11-6-7-13-25(17)19)20(26)22-12-8-14-28-2/h4-5,9-10H,3,6-8,11-14H2,1-2H3,(H,22,26)(H,23,27). The van der Waals surface area contributed by atoms with Gasteiger partial charge in [0.2, 0.25) is 0 Å². The second-order valence-electron chi connectivity index (χ2n) is 6.91. The molecule has 3 rings (SSSR count). The van der Waals surface area contributed by atoms with Crippen LogP contribution in [0.3, 0.4) is 0 Å². The number of nitrogens with zero attached hydrogens (tertiary/aromatic N) is 2. The number of amides is 2. The fourth-order valence-electron chi connectivity index (χ4n) is 3.53. The van der Waals surface area contributed by atoms with Crippen molar-refractivity contribution in [3.8, 4) is 0 Å². The summed E-state index contributed by atoms with van der Waals surface area (Å²) in [5.41, 5.74) is 3.07. The molecule has 0 fully saturated rings. The van der Waals surface area contributed by atoms with E-state index in [1.54, 1.807) is 7.11 Å². The molecule has 0 saturated heterocycles. The lowest BCUT2D eigenvalue weighted by molar-refractivity contribution is 0.0942. The first-order chi connectivity index (χ1) is 13.7. The highest BCUT2D eigenvalue weighted by Gasteiger charge is 2.27. The zero-order chi connectivity index (χ0) is 19.9. The number of rotatable bonds is 8. The Balaban J connectivity index is 1.82. The Kier molecular flexibility index (Phi) is 6.81. The van der Waals surface area contributed by atoms with Gasteiger partial charge in [0, 0.05) is 32.5 Å². The number of anilines is 1. The van der Waals surface area contributed by atoms with Crippen LogP contribution in [-0.4, -0.2) is 41.6 Å². The highest BCUT2D eigenvalue weighted by Crippen LogP contribution is 2.23. The van der Waals surface area contributed by atoms with Crippen molar-refractivity contribution in [1.82, 2.24) is 14.9 Å². The molecule has 0 saturated carbocycles. The van der Waals surface area contributed by atoms with E-state index >= 15 is 0 Å². The SMILES string of the molecule is CCc1ccccc1NC(=O)c1nc(C(=O)NCCCOC)c2n1CCCC2. The highest BCUT2D eigenvalue weighted by molar-refractivity contribution is 6.04. The van der Waals surface area contributed by atoms with E-state index in [0.29, 0.717) is 31.2 Å². The third-order valence-electron chi connectivity index (χ3n) is 4.99. The molecule has 1 aliphatic rings. The summed E-state index contributed by atoms with van der Waals surface area (Å²) in [6, 6.07) is 7.74.